The van der Waals surface area contributed by atoms with Gasteiger partial charge in [0, 0.05) is 11.1 Å². The number of anilines is 1. The monoisotopic (exact) mass is 487 g/mol. The van der Waals surface area contributed by atoms with E-state index in [0.29, 0.717) is 16.3 Å². The number of hydrogen-bond donors (Lipinski definition) is 1. The zero-order chi connectivity index (χ0) is 24.8. The van der Waals surface area contributed by atoms with Crippen molar-refractivity contribution >= 4 is 23.6 Å². The number of thioether (sulfide) groups is 1. The molecule has 0 aliphatic rings. The zero-order valence-corrected chi connectivity index (χ0v) is 20.2. The largest absolute Gasteiger partial charge is 0.497 e. The third kappa shape index (κ3) is 5.59. The molecule has 35 heavy (non-hydrogen) atoms. The SMILES string of the molecule is COc1ccc(-c2cc(-c3ccccc3)nc(SCC(=O)Nc3c[n+](N(C)C)no3)c2C#N)cc1. The van der Waals surface area contributed by atoms with Gasteiger partial charge in [0.25, 0.3) is 6.20 Å². The predicted molar refractivity (Wildman–Crippen MR) is 132 cm³/mol. The molecule has 2 aromatic heterocycles. The van der Waals surface area contributed by atoms with E-state index in [4.69, 9.17) is 14.2 Å². The molecule has 0 aliphatic carbocycles. The highest BCUT2D eigenvalue weighted by molar-refractivity contribution is 8.00. The van der Waals surface area contributed by atoms with Crippen LogP contribution in [0.1, 0.15) is 5.56 Å². The molecule has 1 amide bonds. The van der Waals surface area contributed by atoms with E-state index in [-0.39, 0.29) is 17.5 Å². The average molecular weight is 488 g/mol. The third-order valence-electron chi connectivity index (χ3n) is 5.04. The van der Waals surface area contributed by atoms with Gasteiger partial charge in [-0.1, -0.05) is 54.2 Å². The van der Waals surface area contributed by atoms with Gasteiger partial charge in [-0.3, -0.25) is 14.6 Å². The van der Waals surface area contributed by atoms with E-state index in [9.17, 15) is 10.1 Å². The van der Waals surface area contributed by atoms with Crippen LogP contribution in [0.4, 0.5) is 5.88 Å². The number of carbonyl (C=O) groups is 1. The van der Waals surface area contributed by atoms with Crippen LogP contribution in [0.5, 0.6) is 5.75 Å². The molecule has 4 rings (SSSR count). The lowest BCUT2D eigenvalue weighted by Gasteiger charge is -2.13. The van der Waals surface area contributed by atoms with Crippen LogP contribution in [0.15, 0.2) is 76.4 Å². The van der Waals surface area contributed by atoms with Gasteiger partial charge >= 0.3 is 5.88 Å². The summed E-state index contributed by atoms with van der Waals surface area (Å²) in [6.07, 6.45) is 1.55. The number of carbonyl (C=O) groups excluding carboxylic acids is 1. The van der Waals surface area contributed by atoms with Crippen molar-refractivity contribution in [1.82, 2.24) is 10.3 Å². The summed E-state index contributed by atoms with van der Waals surface area (Å²) in [6, 6.07) is 21.4. The van der Waals surface area contributed by atoms with Crippen LogP contribution in [-0.2, 0) is 4.79 Å². The molecule has 0 unspecified atom stereocenters. The molecule has 176 valence electrons. The second-order valence-electron chi connectivity index (χ2n) is 7.61. The minimum Gasteiger partial charge on any atom is -0.497 e. The second kappa shape index (κ2) is 10.7. The van der Waals surface area contributed by atoms with Crippen molar-refractivity contribution < 1.29 is 18.8 Å². The predicted octanol–water partition coefficient (Wildman–Crippen LogP) is 3.50. The molecule has 4 aromatic rings. The first kappa shape index (κ1) is 23.8. The van der Waals surface area contributed by atoms with E-state index in [2.05, 4.69) is 16.7 Å². The van der Waals surface area contributed by atoms with Gasteiger partial charge in [-0.25, -0.2) is 4.98 Å². The molecule has 2 heterocycles. The molecule has 0 saturated carbocycles. The quantitative estimate of drug-likeness (QED) is 0.297. The lowest BCUT2D eigenvalue weighted by molar-refractivity contribution is -0.753. The minimum atomic E-state index is -0.307. The lowest BCUT2D eigenvalue weighted by atomic mass is 9.99. The average Bonchev–Trinajstić information content (AvgIpc) is 3.36. The summed E-state index contributed by atoms with van der Waals surface area (Å²) in [5, 5.41) is 18.6. The highest BCUT2D eigenvalue weighted by Gasteiger charge is 2.19. The van der Waals surface area contributed by atoms with E-state index in [1.807, 2.05) is 60.7 Å². The number of ether oxygens (including phenoxy) is 1. The number of nitriles is 1. The molecule has 2 aromatic carbocycles. The van der Waals surface area contributed by atoms with Crippen molar-refractivity contribution in [3.8, 4) is 34.2 Å². The Morgan fingerprint density at radius 1 is 1.17 bits per heavy atom. The van der Waals surface area contributed by atoms with E-state index >= 15 is 0 Å². The van der Waals surface area contributed by atoms with Crippen molar-refractivity contribution in [2.75, 3.05) is 37.3 Å². The van der Waals surface area contributed by atoms with Crippen LogP contribution in [-0.4, -0.2) is 43.1 Å². The van der Waals surface area contributed by atoms with Gasteiger partial charge in [-0.2, -0.15) is 10.3 Å². The zero-order valence-electron chi connectivity index (χ0n) is 19.4. The molecule has 0 aliphatic heterocycles. The Balaban J connectivity index is 1.65. The fraction of sp³-hybridized carbons (Fsp3) is 0.160. The Bertz CT molecular complexity index is 1360. The summed E-state index contributed by atoms with van der Waals surface area (Å²) in [6.45, 7) is 0. The van der Waals surface area contributed by atoms with Crippen molar-refractivity contribution in [1.29, 1.82) is 5.26 Å². The number of amides is 1. The molecule has 0 saturated heterocycles. The summed E-state index contributed by atoms with van der Waals surface area (Å²) >= 11 is 1.19. The molecule has 0 radical (unpaired) electrons. The number of rotatable bonds is 8. The number of methoxy groups -OCH3 is 1. The Morgan fingerprint density at radius 2 is 1.91 bits per heavy atom. The van der Waals surface area contributed by atoms with Crippen LogP contribution in [0.3, 0.4) is 0 Å². The van der Waals surface area contributed by atoms with E-state index in [1.165, 1.54) is 16.6 Å². The smallest absolute Gasteiger partial charge is 0.305 e. The summed E-state index contributed by atoms with van der Waals surface area (Å²) in [4.78, 5) is 18.8. The number of aromatic nitrogens is 3. The number of nitrogens with one attached hydrogen (secondary N) is 1. The molecule has 0 atom stereocenters. The fourth-order valence-electron chi connectivity index (χ4n) is 3.28. The highest BCUT2D eigenvalue weighted by atomic mass is 32.2. The minimum absolute atomic E-state index is 0.0324. The molecule has 0 bridgehead atoms. The Hall–Kier alpha value is -4.36. The van der Waals surface area contributed by atoms with Crippen LogP contribution < -0.4 is 19.9 Å². The lowest BCUT2D eigenvalue weighted by Crippen LogP contribution is -2.53. The van der Waals surface area contributed by atoms with Gasteiger partial charge in [-0.15, -0.1) is 0 Å². The normalized spacial score (nSPS) is 10.5. The highest BCUT2D eigenvalue weighted by Crippen LogP contribution is 2.34. The Labute approximate surface area is 206 Å². The first-order chi connectivity index (χ1) is 17.0. The van der Waals surface area contributed by atoms with Crippen LogP contribution in [0.2, 0.25) is 0 Å². The number of pyridine rings is 1. The maximum Gasteiger partial charge on any atom is 0.305 e. The van der Waals surface area contributed by atoms with Gasteiger partial charge in [0.15, 0.2) is 0 Å². The topological polar surface area (TPSA) is 108 Å². The second-order valence-corrected chi connectivity index (χ2v) is 8.58. The molecular formula is C25H23N6O3S+. The van der Waals surface area contributed by atoms with Crippen molar-refractivity contribution in [3.63, 3.8) is 0 Å². The summed E-state index contributed by atoms with van der Waals surface area (Å²) in [5.74, 6) is 0.664. The molecule has 0 fully saturated rings. The molecule has 9 nitrogen and oxygen atoms in total. The number of nitrogens with zero attached hydrogens (tertiary/aromatic N) is 5. The molecule has 0 spiro atoms. The van der Waals surface area contributed by atoms with Crippen molar-refractivity contribution in [3.05, 3.63) is 72.4 Å². The number of hydrogen-bond acceptors (Lipinski definition) is 8. The fourth-order valence-corrected chi connectivity index (χ4v) is 4.08. The molecule has 10 heteroatoms. The summed E-state index contributed by atoms with van der Waals surface area (Å²) < 4.78 is 10.4. The van der Waals surface area contributed by atoms with Crippen LogP contribution >= 0.6 is 11.8 Å². The maximum absolute atomic E-state index is 12.6. The maximum atomic E-state index is 12.6. The van der Waals surface area contributed by atoms with Crippen LogP contribution in [0.25, 0.3) is 22.4 Å². The third-order valence-corrected chi connectivity index (χ3v) is 6.01. The van der Waals surface area contributed by atoms with Gasteiger partial charge in [0.1, 0.15) is 16.8 Å². The molecule has 1 N–H and O–H groups in total. The van der Waals surface area contributed by atoms with Gasteiger partial charge in [0.2, 0.25) is 11.2 Å². The number of benzene rings is 2. The van der Waals surface area contributed by atoms with Gasteiger partial charge in [-0.05, 0) is 23.8 Å². The summed E-state index contributed by atoms with van der Waals surface area (Å²) in [5.41, 5.74) is 3.60. The van der Waals surface area contributed by atoms with Crippen molar-refractivity contribution in [2.45, 2.75) is 5.03 Å². The first-order valence-corrected chi connectivity index (χ1v) is 11.6. The molecular weight excluding hydrogens is 464 g/mol. The van der Waals surface area contributed by atoms with Gasteiger partial charge < -0.3 is 4.74 Å². The van der Waals surface area contributed by atoms with E-state index < -0.39 is 0 Å². The van der Waals surface area contributed by atoms with Gasteiger partial charge in [0.05, 0.1) is 43.0 Å². The van der Waals surface area contributed by atoms with E-state index in [0.717, 1.165) is 22.4 Å². The first-order valence-electron chi connectivity index (χ1n) is 10.6. The Kier molecular flexibility index (Phi) is 7.28. The summed E-state index contributed by atoms with van der Waals surface area (Å²) in [7, 11) is 5.19. The van der Waals surface area contributed by atoms with Crippen LogP contribution in [0, 0.1) is 11.3 Å². The standard InChI is InChI=1S/C25H22N6O3S/c1-30(2)31-15-24(34-29-31)28-23(32)16-35-25-21(14-26)20(17-9-11-19(33-3)12-10-17)13-22(27-25)18-7-5-4-6-8-18/h4-13,15H,16H2,1-3H3/p+1. The Morgan fingerprint density at radius 3 is 2.54 bits per heavy atom. The van der Waals surface area contributed by atoms with Crippen molar-refractivity contribution in [2.24, 2.45) is 0 Å². The van der Waals surface area contributed by atoms with E-state index in [1.54, 1.807) is 32.4 Å².